The van der Waals surface area contributed by atoms with Gasteiger partial charge in [0.15, 0.2) is 0 Å². The first-order chi connectivity index (χ1) is 14.5. The van der Waals surface area contributed by atoms with Crippen molar-refractivity contribution in [1.29, 1.82) is 0 Å². The molecule has 2 aliphatic heterocycles. The lowest BCUT2D eigenvalue weighted by Crippen LogP contribution is -2.46. The third kappa shape index (κ3) is 3.67. The van der Waals surface area contributed by atoms with Crippen molar-refractivity contribution in [2.24, 2.45) is 5.41 Å². The molecule has 30 heavy (non-hydrogen) atoms. The minimum Gasteiger partial charge on any atom is -0.312 e. The van der Waals surface area contributed by atoms with E-state index >= 15 is 0 Å². The maximum absolute atomic E-state index is 13.3. The Morgan fingerprint density at radius 2 is 1.50 bits per heavy atom. The molecule has 158 valence electrons. The molecule has 1 aliphatic carbocycles. The smallest absolute Gasteiger partial charge is 0.233 e. The lowest BCUT2D eigenvalue weighted by Gasteiger charge is -2.37. The number of benzene rings is 2. The first-order valence-electron chi connectivity index (χ1n) is 10.9. The summed E-state index contributed by atoms with van der Waals surface area (Å²) < 4.78 is 27.3. The van der Waals surface area contributed by atoms with Crippen LogP contribution in [0.2, 0.25) is 0 Å². The molecule has 0 atom stereocenters. The fourth-order valence-electron chi connectivity index (χ4n) is 4.94. The minimum absolute atomic E-state index is 0.0221. The van der Waals surface area contributed by atoms with E-state index < -0.39 is 15.4 Å². The van der Waals surface area contributed by atoms with Crippen LogP contribution in [0.4, 0.5) is 5.69 Å². The van der Waals surface area contributed by atoms with Crippen LogP contribution in [0.3, 0.4) is 0 Å². The van der Waals surface area contributed by atoms with Crippen LogP contribution >= 0.6 is 0 Å². The average Bonchev–Trinajstić information content (AvgIpc) is 3.56. The number of hydrogen-bond donors (Lipinski definition) is 0. The molecular formula is C24H28N2O3S. The van der Waals surface area contributed by atoms with Gasteiger partial charge in [-0.05, 0) is 61.3 Å². The Balaban J connectivity index is 1.24. The fourth-order valence-corrected chi connectivity index (χ4v) is 6.48. The molecule has 0 radical (unpaired) electrons. The zero-order valence-corrected chi connectivity index (χ0v) is 18.0. The van der Waals surface area contributed by atoms with Crippen LogP contribution in [-0.4, -0.2) is 38.3 Å². The van der Waals surface area contributed by atoms with Gasteiger partial charge in [0.05, 0.1) is 11.2 Å². The number of hydrogen-bond acceptors (Lipinski definition) is 3. The van der Waals surface area contributed by atoms with Crippen LogP contribution in [0.25, 0.3) is 0 Å². The number of rotatable bonds is 5. The van der Waals surface area contributed by atoms with E-state index in [1.165, 1.54) is 18.4 Å². The predicted octanol–water partition coefficient (Wildman–Crippen LogP) is 3.91. The minimum atomic E-state index is -3.36. The number of carbonyl (C=O) groups is 1. The summed E-state index contributed by atoms with van der Waals surface area (Å²) in [5, 5.41) is 0. The molecule has 5 rings (SSSR count). The van der Waals surface area contributed by atoms with Crippen molar-refractivity contribution in [2.45, 2.75) is 43.8 Å². The summed E-state index contributed by atoms with van der Waals surface area (Å²) in [6, 6.07) is 17.8. The van der Waals surface area contributed by atoms with Gasteiger partial charge in [-0.15, -0.1) is 0 Å². The van der Waals surface area contributed by atoms with E-state index in [4.69, 9.17) is 0 Å². The van der Waals surface area contributed by atoms with Gasteiger partial charge in [0, 0.05) is 25.3 Å². The number of nitrogens with zero attached hydrogens (tertiary/aromatic N) is 2. The normalized spacial score (nSPS) is 22.0. The molecule has 2 aromatic carbocycles. The van der Waals surface area contributed by atoms with E-state index in [2.05, 4.69) is 24.3 Å². The summed E-state index contributed by atoms with van der Waals surface area (Å²) >= 11 is 0. The molecule has 1 saturated carbocycles. The first kappa shape index (κ1) is 19.8. The summed E-state index contributed by atoms with van der Waals surface area (Å²) in [6.07, 6.45) is 4.57. The summed E-state index contributed by atoms with van der Waals surface area (Å²) in [5.74, 6) is 0.900. The van der Waals surface area contributed by atoms with E-state index in [1.807, 2.05) is 35.2 Å². The molecule has 0 bridgehead atoms. The van der Waals surface area contributed by atoms with Gasteiger partial charge in [0.2, 0.25) is 15.9 Å². The topological polar surface area (TPSA) is 57.7 Å². The van der Waals surface area contributed by atoms with Gasteiger partial charge in [0.25, 0.3) is 0 Å². The Kier molecular flexibility index (Phi) is 4.94. The molecule has 2 heterocycles. The molecule has 0 aromatic heterocycles. The van der Waals surface area contributed by atoms with Crippen LogP contribution in [0.15, 0.2) is 54.6 Å². The summed E-state index contributed by atoms with van der Waals surface area (Å²) in [6.45, 7) is 1.57. The Morgan fingerprint density at radius 3 is 2.13 bits per heavy atom. The average molecular weight is 425 g/mol. The molecule has 2 saturated heterocycles. The highest BCUT2D eigenvalue weighted by molar-refractivity contribution is 7.88. The Bertz CT molecular complexity index is 1020. The molecule has 3 fully saturated rings. The Labute approximate surface area is 178 Å². The molecule has 0 N–H and O–H groups in total. The molecular weight excluding hydrogens is 396 g/mol. The predicted molar refractivity (Wildman–Crippen MR) is 118 cm³/mol. The van der Waals surface area contributed by atoms with Crippen molar-refractivity contribution in [3.8, 4) is 0 Å². The molecule has 2 aromatic rings. The number of anilines is 1. The van der Waals surface area contributed by atoms with Crippen LogP contribution in [-0.2, 0) is 20.6 Å². The van der Waals surface area contributed by atoms with Crippen molar-refractivity contribution in [3.05, 3.63) is 65.7 Å². The lowest BCUT2D eigenvalue weighted by atomic mass is 9.77. The standard InChI is InChI=1S/C24H28N2O3S/c27-23-24(14-17-26(23)22-10-8-21(9-11-22)20-6-7-20)12-15-25(16-13-24)30(28,29)18-19-4-2-1-3-5-19/h1-5,8-11,20H,6-7,12-18H2. The van der Waals surface area contributed by atoms with E-state index in [-0.39, 0.29) is 11.7 Å². The molecule has 6 heteroatoms. The van der Waals surface area contributed by atoms with Crippen LogP contribution in [0, 0.1) is 5.41 Å². The van der Waals surface area contributed by atoms with Gasteiger partial charge in [-0.25, -0.2) is 12.7 Å². The highest BCUT2D eigenvalue weighted by Gasteiger charge is 2.49. The third-order valence-electron chi connectivity index (χ3n) is 7.03. The first-order valence-corrected chi connectivity index (χ1v) is 12.5. The largest absolute Gasteiger partial charge is 0.312 e. The van der Waals surface area contributed by atoms with E-state index in [9.17, 15) is 13.2 Å². The maximum Gasteiger partial charge on any atom is 0.233 e. The summed E-state index contributed by atoms with van der Waals surface area (Å²) in [7, 11) is -3.36. The highest BCUT2D eigenvalue weighted by atomic mass is 32.2. The molecule has 0 unspecified atom stereocenters. The second kappa shape index (κ2) is 7.50. The van der Waals surface area contributed by atoms with Crippen molar-refractivity contribution < 1.29 is 13.2 Å². The van der Waals surface area contributed by atoms with E-state index in [0.29, 0.717) is 31.8 Å². The number of amides is 1. The number of sulfonamides is 1. The van der Waals surface area contributed by atoms with Crippen LogP contribution < -0.4 is 4.90 Å². The van der Waals surface area contributed by atoms with Crippen LogP contribution in [0.5, 0.6) is 0 Å². The fraction of sp³-hybridized carbons (Fsp3) is 0.458. The Hall–Kier alpha value is -2.18. The molecule has 3 aliphatic rings. The van der Waals surface area contributed by atoms with Gasteiger partial charge < -0.3 is 4.90 Å². The number of piperidine rings is 1. The Morgan fingerprint density at radius 1 is 0.867 bits per heavy atom. The lowest BCUT2D eigenvalue weighted by molar-refractivity contribution is -0.127. The van der Waals surface area contributed by atoms with Gasteiger partial charge in [-0.1, -0.05) is 42.5 Å². The zero-order valence-electron chi connectivity index (χ0n) is 17.2. The van der Waals surface area contributed by atoms with Crippen molar-refractivity contribution in [1.82, 2.24) is 4.31 Å². The third-order valence-corrected chi connectivity index (χ3v) is 8.88. The van der Waals surface area contributed by atoms with Gasteiger partial charge in [-0.3, -0.25) is 4.79 Å². The van der Waals surface area contributed by atoms with Gasteiger partial charge >= 0.3 is 0 Å². The van der Waals surface area contributed by atoms with Crippen molar-refractivity contribution in [3.63, 3.8) is 0 Å². The number of carbonyl (C=O) groups excluding carboxylic acids is 1. The van der Waals surface area contributed by atoms with Crippen LogP contribution in [0.1, 0.15) is 49.1 Å². The second-order valence-electron chi connectivity index (χ2n) is 8.99. The van der Waals surface area contributed by atoms with Crippen molar-refractivity contribution in [2.75, 3.05) is 24.5 Å². The monoisotopic (exact) mass is 424 g/mol. The maximum atomic E-state index is 13.3. The SMILES string of the molecule is O=C1N(c2ccc(C3CC3)cc2)CCC12CCN(S(=O)(=O)Cc1ccccc1)CC2. The second-order valence-corrected chi connectivity index (χ2v) is 11.0. The zero-order chi connectivity index (χ0) is 20.8. The molecule has 5 nitrogen and oxygen atoms in total. The van der Waals surface area contributed by atoms with E-state index in [0.717, 1.165) is 24.2 Å². The van der Waals surface area contributed by atoms with Crippen molar-refractivity contribution >= 4 is 21.6 Å². The molecule has 1 spiro atoms. The van der Waals surface area contributed by atoms with Gasteiger partial charge in [0.1, 0.15) is 0 Å². The molecule has 1 amide bonds. The quantitative estimate of drug-likeness (QED) is 0.731. The van der Waals surface area contributed by atoms with Gasteiger partial charge in [-0.2, -0.15) is 0 Å². The summed E-state index contributed by atoms with van der Waals surface area (Å²) in [5.41, 5.74) is 2.74. The van der Waals surface area contributed by atoms with E-state index in [1.54, 1.807) is 4.31 Å². The highest BCUT2D eigenvalue weighted by Crippen LogP contribution is 2.45. The summed E-state index contributed by atoms with van der Waals surface area (Å²) in [4.78, 5) is 15.2.